The van der Waals surface area contributed by atoms with E-state index < -0.39 is 0 Å². The number of nitrogens with two attached hydrogens (primary N) is 1. The normalized spacial score (nSPS) is 10.9. The minimum atomic E-state index is -0.0988. The fourth-order valence-corrected chi connectivity index (χ4v) is 1.85. The largest absolute Gasteiger partial charge is 0.383 e. The Morgan fingerprint density at radius 1 is 1.22 bits per heavy atom. The molecule has 0 radical (unpaired) electrons. The summed E-state index contributed by atoms with van der Waals surface area (Å²) >= 11 is 0. The standard InChI is InChI=1S/C12H11N5O/c13-11-9(2-1-4-14-11)8-16-6-7-17-10(12(16)18)3-5-15-17/h1-7H,8H2,(H2,13,14). The summed E-state index contributed by atoms with van der Waals surface area (Å²) in [5.74, 6) is 0.442. The van der Waals surface area contributed by atoms with E-state index in [2.05, 4.69) is 10.1 Å². The Kier molecular flexibility index (Phi) is 2.33. The quantitative estimate of drug-likeness (QED) is 0.709. The van der Waals surface area contributed by atoms with Crippen molar-refractivity contribution in [1.29, 1.82) is 0 Å². The Morgan fingerprint density at radius 2 is 2.11 bits per heavy atom. The summed E-state index contributed by atoms with van der Waals surface area (Å²) < 4.78 is 3.13. The Labute approximate surface area is 102 Å². The van der Waals surface area contributed by atoms with Crippen LogP contribution in [0.4, 0.5) is 5.82 Å². The van der Waals surface area contributed by atoms with Crippen LogP contribution in [0.2, 0.25) is 0 Å². The third-order valence-electron chi connectivity index (χ3n) is 2.80. The lowest BCUT2D eigenvalue weighted by molar-refractivity contribution is 0.742. The van der Waals surface area contributed by atoms with Gasteiger partial charge in [-0.3, -0.25) is 4.79 Å². The third-order valence-corrected chi connectivity index (χ3v) is 2.80. The van der Waals surface area contributed by atoms with Crippen LogP contribution in [0.25, 0.3) is 5.52 Å². The van der Waals surface area contributed by atoms with Crippen molar-refractivity contribution in [3.05, 3.63) is 58.9 Å². The Hall–Kier alpha value is -2.63. The second-order valence-corrected chi connectivity index (χ2v) is 3.94. The molecule has 2 N–H and O–H groups in total. The molecule has 0 bridgehead atoms. The Morgan fingerprint density at radius 3 is 2.94 bits per heavy atom. The first-order valence-corrected chi connectivity index (χ1v) is 5.48. The van der Waals surface area contributed by atoms with Crippen LogP contribution >= 0.6 is 0 Å². The molecule has 6 nitrogen and oxygen atoms in total. The number of nitrogens with zero attached hydrogens (tertiary/aromatic N) is 4. The van der Waals surface area contributed by atoms with E-state index in [4.69, 9.17) is 5.73 Å². The van der Waals surface area contributed by atoms with Crippen LogP contribution in [0.1, 0.15) is 5.56 Å². The predicted molar refractivity (Wildman–Crippen MR) is 67.2 cm³/mol. The van der Waals surface area contributed by atoms with Gasteiger partial charge in [0.05, 0.1) is 12.7 Å². The van der Waals surface area contributed by atoms with Gasteiger partial charge in [-0.05, 0) is 12.1 Å². The van der Waals surface area contributed by atoms with E-state index in [-0.39, 0.29) is 5.56 Å². The maximum absolute atomic E-state index is 12.1. The monoisotopic (exact) mass is 241 g/mol. The van der Waals surface area contributed by atoms with E-state index in [1.807, 2.05) is 6.07 Å². The lowest BCUT2D eigenvalue weighted by Gasteiger charge is -2.07. The molecule has 3 aromatic heterocycles. The zero-order valence-electron chi connectivity index (χ0n) is 9.52. The van der Waals surface area contributed by atoms with Crippen LogP contribution in [0, 0.1) is 0 Å². The molecule has 0 aliphatic heterocycles. The zero-order chi connectivity index (χ0) is 12.5. The molecule has 6 heteroatoms. The van der Waals surface area contributed by atoms with Gasteiger partial charge in [0.2, 0.25) is 0 Å². The van der Waals surface area contributed by atoms with Gasteiger partial charge in [0.15, 0.2) is 0 Å². The number of hydrogen-bond donors (Lipinski definition) is 1. The minimum Gasteiger partial charge on any atom is -0.383 e. The summed E-state index contributed by atoms with van der Waals surface area (Å²) in [6.07, 6.45) is 6.65. The predicted octanol–water partition coefficient (Wildman–Crippen LogP) is 0.522. The second-order valence-electron chi connectivity index (χ2n) is 3.94. The minimum absolute atomic E-state index is 0.0988. The molecule has 3 heterocycles. The Bertz CT molecular complexity index is 758. The molecule has 0 saturated carbocycles. The maximum Gasteiger partial charge on any atom is 0.276 e. The molecule has 0 aliphatic rings. The van der Waals surface area contributed by atoms with Gasteiger partial charge in [0, 0.05) is 24.2 Å². The molecule has 0 spiro atoms. The molecule has 90 valence electrons. The summed E-state index contributed by atoms with van der Waals surface area (Å²) in [5, 5.41) is 4.01. The van der Waals surface area contributed by atoms with Crippen LogP contribution in [0.3, 0.4) is 0 Å². The van der Waals surface area contributed by atoms with Gasteiger partial charge >= 0.3 is 0 Å². The number of hydrogen-bond acceptors (Lipinski definition) is 4. The number of fused-ring (bicyclic) bond motifs is 1. The topological polar surface area (TPSA) is 78.2 Å². The number of pyridine rings is 1. The van der Waals surface area contributed by atoms with Crippen LogP contribution in [0.5, 0.6) is 0 Å². The van der Waals surface area contributed by atoms with E-state index in [0.717, 1.165) is 5.56 Å². The van der Waals surface area contributed by atoms with E-state index >= 15 is 0 Å². The van der Waals surface area contributed by atoms with Crippen molar-refractivity contribution in [3.8, 4) is 0 Å². The highest BCUT2D eigenvalue weighted by Gasteiger charge is 2.05. The van der Waals surface area contributed by atoms with Crippen LogP contribution in [-0.2, 0) is 6.54 Å². The fraction of sp³-hybridized carbons (Fsp3) is 0.0833. The van der Waals surface area contributed by atoms with Crippen LogP contribution in [0.15, 0.2) is 47.8 Å². The van der Waals surface area contributed by atoms with Crippen molar-refractivity contribution < 1.29 is 0 Å². The van der Waals surface area contributed by atoms with Gasteiger partial charge in [0.25, 0.3) is 5.56 Å². The van der Waals surface area contributed by atoms with Crippen molar-refractivity contribution in [3.63, 3.8) is 0 Å². The number of anilines is 1. The molecule has 0 amide bonds. The lowest BCUT2D eigenvalue weighted by atomic mass is 10.2. The number of rotatable bonds is 2. The SMILES string of the molecule is Nc1ncccc1Cn1ccn2nccc2c1=O. The van der Waals surface area contributed by atoms with E-state index in [0.29, 0.717) is 17.9 Å². The molecule has 3 aromatic rings. The Balaban J connectivity index is 2.08. The third kappa shape index (κ3) is 1.64. The first kappa shape index (κ1) is 10.5. The average Bonchev–Trinajstić information content (AvgIpc) is 2.84. The molecule has 18 heavy (non-hydrogen) atoms. The van der Waals surface area contributed by atoms with E-state index in [1.165, 1.54) is 0 Å². The molecular formula is C12H11N5O. The van der Waals surface area contributed by atoms with Crippen LogP contribution in [-0.4, -0.2) is 19.2 Å². The first-order chi connectivity index (χ1) is 8.75. The van der Waals surface area contributed by atoms with Gasteiger partial charge in [-0.15, -0.1) is 0 Å². The molecular weight excluding hydrogens is 230 g/mol. The molecule has 0 unspecified atom stereocenters. The van der Waals surface area contributed by atoms with Gasteiger partial charge < -0.3 is 10.3 Å². The van der Waals surface area contributed by atoms with Crippen molar-refractivity contribution >= 4 is 11.3 Å². The van der Waals surface area contributed by atoms with Gasteiger partial charge in [0.1, 0.15) is 11.3 Å². The van der Waals surface area contributed by atoms with Crippen molar-refractivity contribution in [1.82, 2.24) is 19.2 Å². The van der Waals surface area contributed by atoms with E-state index in [1.54, 1.807) is 46.0 Å². The fourth-order valence-electron chi connectivity index (χ4n) is 1.85. The molecule has 3 rings (SSSR count). The van der Waals surface area contributed by atoms with E-state index in [9.17, 15) is 4.79 Å². The average molecular weight is 241 g/mol. The summed E-state index contributed by atoms with van der Waals surface area (Å²) in [7, 11) is 0. The van der Waals surface area contributed by atoms with Crippen LogP contribution < -0.4 is 11.3 Å². The molecule has 0 fully saturated rings. The highest BCUT2D eigenvalue weighted by Crippen LogP contribution is 2.08. The van der Waals surface area contributed by atoms with Crippen molar-refractivity contribution in [2.75, 3.05) is 5.73 Å². The van der Waals surface area contributed by atoms with Gasteiger partial charge in [-0.1, -0.05) is 6.07 Å². The summed E-state index contributed by atoms with van der Waals surface area (Å²) in [6, 6.07) is 5.34. The second kappa shape index (κ2) is 3.99. The van der Waals surface area contributed by atoms with Crippen molar-refractivity contribution in [2.24, 2.45) is 0 Å². The summed E-state index contributed by atoms with van der Waals surface area (Å²) in [6.45, 7) is 0.403. The lowest BCUT2D eigenvalue weighted by Crippen LogP contribution is -2.22. The molecule has 0 aliphatic carbocycles. The number of nitrogen functional groups attached to an aromatic ring is 1. The number of aromatic nitrogens is 4. The van der Waals surface area contributed by atoms with Gasteiger partial charge in [-0.25, -0.2) is 9.50 Å². The van der Waals surface area contributed by atoms with Gasteiger partial charge in [-0.2, -0.15) is 5.10 Å². The smallest absolute Gasteiger partial charge is 0.276 e. The zero-order valence-corrected chi connectivity index (χ0v) is 9.52. The summed E-state index contributed by atoms with van der Waals surface area (Å²) in [4.78, 5) is 16.1. The molecule has 0 saturated heterocycles. The maximum atomic E-state index is 12.1. The molecule has 0 atom stereocenters. The highest BCUT2D eigenvalue weighted by atomic mass is 16.1. The summed E-state index contributed by atoms with van der Waals surface area (Å²) in [5.41, 5.74) is 7.03. The highest BCUT2D eigenvalue weighted by molar-refractivity contribution is 5.43. The molecule has 0 aromatic carbocycles. The first-order valence-electron chi connectivity index (χ1n) is 5.48. The van der Waals surface area contributed by atoms with Crippen molar-refractivity contribution in [2.45, 2.75) is 6.54 Å².